The van der Waals surface area contributed by atoms with Gasteiger partial charge in [-0.15, -0.1) is 0 Å². The summed E-state index contributed by atoms with van der Waals surface area (Å²) in [5.41, 5.74) is 0. The van der Waals surface area contributed by atoms with E-state index in [9.17, 15) is 9.90 Å². The number of aliphatic hydroxyl groups excluding tert-OH is 1. The van der Waals surface area contributed by atoms with E-state index in [0.29, 0.717) is 32.2 Å². The normalized spacial score (nSPS) is 17.4. The van der Waals surface area contributed by atoms with E-state index in [1.807, 2.05) is 4.90 Å². The second-order valence-corrected chi connectivity index (χ2v) is 5.30. The van der Waals surface area contributed by atoms with E-state index in [0.717, 1.165) is 25.9 Å². The second-order valence-electron chi connectivity index (χ2n) is 5.30. The molecule has 106 valence electrons. The highest BCUT2D eigenvalue weighted by Gasteiger charge is 2.17. The molecule has 0 aromatic heterocycles. The van der Waals surface area contributed by atoms with Crippen LogP contribution in [0.4, 0.5) is 0 Å². The van der Waals surface area contributed by atoms with Crippen molar-refractivity contribution in [1.29, 1.82) is 0 Å². The van der Waals surface area contributed by atoms with Crippen LogP contribution in [0, 0.1) is 5.92 Å². The molecule has 0 spiro atoms. The third-order valence-corrected chi connectivity index (χ3v) is 2.88. The van der Waals surface area contributed by atoms with E-state index in [1.165, 1.54) is 0 Å². The average molecular weight is 258 g/mol. The zero-order chi connectivity index (χ0) is 13.4. The van der Waals surface area contributed by atoms with Crippen LogP contribution in [0.3, 0.4) is 0 Å². The third-order valence-electron chi connectivity index (χ3n) is 2.88. The predicted octanol–water partition coefficient (Wildman–Crippen LogP) is 0.232. The zero-order valence-electron chi connectivity index (χ0n) is 11.5. The van der Waals surface area contributed by atoms with E-state index >= 15 is 0 Å². The van der Waals surface area contributed by atoms with Crippen LogP contribution < -0.4 is 5.32 Å². The summed E-state index contributed by atoms with van der Waals surface area (Å²) < 4.78 is 5.33. The van der Waals surface area contributed by atoms with Crippen LogP contribution in [0.15, 0.2) is 0 Å². The largest absolute Gasteiger partial charge is 0.389 e. The van der Waals surface area contributed by atoms with Crippen LogP contribution in [0.5, 0.6) is 0 Å². The maximum atomic E-state index is 11.7. The number of nitrogens with one attached hydrogen (secondary N) is 1. The van der Waals surface area contributed by atoms with Crippen molar-refractivity contribution in [1.82, 2.24) is 10.2 Å². The van der Waals surface area contributed by atoms with Crippen molar-refractivity contribution in [2.24, 2.45) is 5.92 Å². The quantitative estimate of drug-likeness (QED) is 0.654. The van der Waals surface area contributed by atoms with Crippen LogP contribution in [0.2, 0.25) is 0 Å². The summed E-state index contributed by atoms with van der Waals surface area (Å²) in [6.45, 7) is 7.57. The first-order chi connectivity index (χ1) is 8.59. The molecule has 1 aliphatic rings. The SMILES string of the molecule is CC(C)COCC(O)CNCC(=O)N1CCCC1. The van der Waals surface area contributed by atoms with Crippen LogP contribution in [-0.4, -0.2) is 61.4 Å². The number of ether oxygens (including phenoxy) is 1. The molecule has 1 unspecified atom stereocenters. The molecule has 1 saturated heterocycles. The minimum absolute atomic E-state index is 0.128. The molecule has 18 heavy (non-hydrogen) atoms. The van der Waals surface area contributed by atoms with Gasteiger partial charge in [0.1, 0.15) is 0 Å². The second kappa shape index (κ2) is 8.45. The maximum absolute atomic E-state index is 11.7. The molecular weight excluding hydrogens is 232 g/mol. The Morgan fingerprint density at radius 1 is 1.33 bits per heavy atom. The number of carbonyl (C=O) groups excluding carboxylic acids is 1. The van der Waals surface area contributed by atoms with Gasteiger partial charge in [0.25, 0.3) is 0 Å². The van der Waals surface area contributed by atoms with Gasteiger partial charge < -0.3 is 20.1 Å². The number of hydrogen-bond acceptors (Lipinski definition) is 4. The van der Waals surface area contributed by atoms with Gasteiger partial charge in [-0.05, 0) is 18.8 Å². The Balaban J connectivity index is 2.00. The minimum Gasteiger partial charge on any atom is -0.389 e. The molecule has 1 aliphatic heterocycles. The first kappa shape index (κ1) is 15.4. The van der Waals surface area contributed by atoms with Gasteiger partial charge in [-0.2, -0.15) is 0 Å². The number of hydrogen-bond donors (Lipinski definition) is 2. The van der Waals surface area contributed by atoms with Crippen molar-refractivity contribution in [2.45, 2.75) is 32.8 Å². The van der Waals surface area contributed by atoms with Crippen LogP contribution in [0.1, 0.15) is 26.7 Å². The van der Waals surface area contributed by atoms with E-state index in [1.54, 1.807) is 0 Å². The average Bonchev–Trinajstić information content (AvgIpc) is 2.81. The Morgan fingerprint density at radius 3 is 2.61 bits per heavy atom. The summed E-state index contributed by atoms with van der Waals surface area (Å²) in [4.78, 5) is 13.6. The van der Waals surface area contributed by atoms with Crippen molar-refractivity contribution in [3.63, 3.8) is 0 Å². The first-order valence-electron chi connectivity index (χ1n) is 6.84. The maximum Gasteiger partial charge on any atom is 0.236 e. The molecule has 1 rings (SSSR count). The predicted molar refractivity (Wildman–Crippen MR) is 70.3 cm³/mol. The number of nitrogens with zero attached hydrogens (tertiary/aromatic N) is 1. The molecule has 0 saturated carbocycles. The number of likely N-dealkylation sites (tertiary alicyclic amines) is 1. The lowest BCUT2D eigenvalue weighted by molar-refractivity contribution is -0.129. The van der Waals surface area contributed by atoms with Gasteiger partial charge in [0.05, 0.1) is 19.3 Å². The molecule has 0 aromatic rings. The van der Waals surface area contributed by atoms with Crippen LogP contribution >= 0.6 is 0 Å². The summed E-state index contributed by atoms with van der Waals surface area (Å²) in [7, 11) is 0. The van der Waals surface area contributed by atoms with Crippen LogP contribution in [-0.2, 0) is 9.53 Å². The highest BCUT2D eigenvalue weighted by Crippen LogP contribution is 2.06. The van der Waals surface area contributed by atoms with Crippen LogP contribution in [0.25, 0.3) is 0 Å². The third kappa shape index (κ3) is 6.33. The lowest BCUT2D eigenvalue weighted by Crippen LogP contribution is -2.39. The number of aliphatic hydroxyl groups is 1. The fourth-order valence-corrected chi connectivity index (χ4v) is 1.92. The number of rotatable bonds is 8. The molecule has 2 N–H and O–H groups in total. The Bertz CT molecular complexity index is 240. The number of amides is 1. The van der Waals surface area contributed by atoms with E-state index in [4.69, 9.17) is 4.74 Å². The lowest BCUT2D eigenvalue weighted by atomic mass is 10.2. The molecule has 0 bridgehead atoms. The van der Waals surface area contributed by atoms with Crippen molar-refractivity contribution in [3.8, 4) is 0 Å². The standard InChI is InChI=1S/C13H26N2O3/c1-11(2)9-18-10-12(16)7-14-8-13(17)15-5-3-4-6-15/h11-12,14,16H,3-10H2,1-2H3. The number of carbonyl (C=O) groups is 1. The summed E-state index contributed by atoms with van der Waals surface area (Å²) >= 11 is 0. The van der Waals surface area contributed by atoms with Gasteiger partial charge in [-0.1, -0.05) is 13.8 Å². The molecule has 1 amide bonds. The monoisotopic (exact) mass is 258 g/mol. The van der Waals surface area contributed by atoms with E-state index in [-0.39, 0.29) is 5.91 Å². The van der Waals surface area contributed by atoms with E-state index in [2.05, 4.69) is 19.2 Å². The Labute approximate surface area is 109 Å². The van der Waals surface area contributed by atoms with Gasteiger partial charge >= 0.3 is 0 Å². The zero-order valence-corrected chi connectivity index (χ0v) is 11.5. The summed E-state index contributed by atoms with van der Waals surface area (Å²) in [6, 6.07) is 0. The molecular formula is C13H26N2O3. The molecule has 0 aliphatic carbocycles. The molecule has 5 nitrogen and oxygen atoms in total. The van der Waals surface area contributed by atoms with E-state index < -0.39 is 6.10 Å². The van der Waals surface area contributed by atoms with Gasteiger partial charge in [0.2, 0.25) is 5.91 Å². The molecule has 0 radical (unpaired) electrons. The molecule has 0 aromatic carbocycles. The van der Waals surface area contributed by atoms with Crippen molar-refractivity contribution in [3.05, 3.63) is 0 Å². The summed E-state index contributed by atoms with van der Waals surface area (Å²) in [6.07, 6.45) is 1.67. The van der Waals surface area contributed by atoms with Gasteiger partial charge in [-0.3, -0.25) is 4.79 Å². The summed E-state index contributed by atoms with van der Waals surface area (Å²) in [5.74, 6) is 0.602. The molecule has 1 heterocycles. The molecule has 5 heteroatoms. The Morgan fingerprint density at radius 2 is 2.00 bits per heavy atom. The molecule has 1 fully saturated rings. The molecule has 1 atom stereocenters. The highest BCUT2D eigenvalue weighted by molar-refractivity contribution is 5.78. The van der Waals surface area contributed by atoms with Gasteiger partial charge in [-0.25, -0.2) is 0 Å². The smallest absolute Gasteiger partial charge is 0.236 e. The fourth-order valence-electron chi connectivity index (χ4n) is 1.92. The lowest BCUT2D eigenvalue weighted by Gasteiger charge is -2.17. The van der Waals surface area contributed by atoms with Gasteiger partial charge in [0.15, 0.2) is 0 Å². The first-order valence-corrected chi connectivity index (χ1v) is 6.84. The minimum atomic E-state index is -0.546. The van der Waals surface area contributed by atoms with Gasteiger partial charge in [0, 0.05) is 26.2 Å². The van der Waals surface area contributed by atoms with Crippen molar-refractivity contribution in [2.75, 3.05) is 39.4 Å². The highest BCUT2D eigenvalue weighted by atomic mass is 16.5. The van der Waals surface area contributed by atoms with Crippen molar-refractivity contribution < 1.29 is 14.6 Å². The summed E-state index contributed by atoms with van der Waals surface area (Å²) in [5, 5.41) is 12.6. The topological polar surface area (TPSA) is 61.8 Å². The Hall–Kier alpha value is -0.650. The fraction of sp³-hybridized carbons (Fsp3) is 0.923. The Kier molecular flexibility index (Phi) is 7.23. The van der Waals surface area contributed by atoms with Crippen molar-refractivity contribution >= 4 is 5.91 Å².